The third kappa shape index (κ3) is 2.44. The molecule has 1 unspecified atom stereocenters. The van der Waals surface area contributed by atoms with Crippen LogP contribution in [0.1, 0.15) is 20.3 Å². The first kappa shape index (κ1) is 9.96. The quantitative estimate of drug-likeness (QED) is 0.691. The van der Waals surface area contributed by atoms with Crippen molar-refractivity contribution in [2.45, 2.75) is 26.6 Å². The monoisotopic (exact) mass is 174 g/mol. The predicted molar refractivity (Wildman–Crippen MR) is 45.7 cm³/mol. The highest BCUT2D eigenvalue weighted by Crippen LogP contribution is 2.24. The van der Waals surface area contributed by atoms with Crippen molar-refractivity contribution in [3.63, 3.8) is 0 Å². The first-order valence-electron chi connectivity index (χ1n) is 4.59. The van der Waals surface area contributed by atoms with Crippen molar-refractivity contribution < 1.29 is 14.6 Å². The van der Waals surface area contributed by atoms with Crippen molar-refractivity contribution >= 4 is 0 Å². The third-order valence-electron chi connectivity index (χ3n) is 2.32. The average molecular weight is 174 g/mol. The van der Waals surface area contributed by atoms with E-state index >= 15 is 0 Å². The molecule has 72 valence electrons. The number of rotatable bonds is 4. The number of aliphatic hydroxyl groups excluding tert-OH is 1. The van der Waals surface area contributed by atoms with E-state index in [-0.39, 0.29) is 12.9 Å². The summed E-state index contributed by atoms with van der Waals surface area (Å²) in [5.41, 5.74) is 0. The summed E-state index contributed by atoms with van der Waals surface area (Å²) in [6.07, 6.45) is 0.680. The van der Waals surface area contributed by atoms with Crippen LogP contribution in [0.4, 0.5) is 0 Å². The summed E-state index contributed by atoms with van der Waals surface area (Å²) in [5.74, 6) is 0.831. The molecule has 0 amide bonds. The fourth-order valence-corrected chi connectivity index (χ4v) is 1.56. The van der Waals surface area contributed by atoms with Crippen LogP contribution < -0.4 is 0 Å². The maximum Gasteiger partial charge on any atom is 0.160 e. The molecule has 0 saturated carbocycles. The van der Waals surface area contributed by atoms with Crippen molar-refractivity contribution in [3.05, 3.63) is 0 Å². The molecule has 1 atom stereocenters. The Bertz CT molecular complexity index is 119. The lowest BCUT2D eigenvalue weighted by atomic mass is 9.92. The van der Waals surface area contributed by atoms with Crippen LogP contribution in [-0.4, -0.2) is 31.2 Å². The Kier molecular flexibility index (Phi) is 3.98. The smallest absolute Gasteiger partial charge is 0.160 e. The Morgan fingerprint density at radius 3 is 2.33 bits per heavy atom. The average Bonchev–Trinajstić information content (AvgIpc) is 2.51. The van der Waals surface area contributed by atoms with Gasteiger partial charge in [0, 0.05) is 12.5 Å². The Balaban J connectivity index is 2.40. The fraction of sp³-hybridized carbons (Fsp3) is 1.00. The Labute approximate surface area is 73.7 Å². The second-order valence-corrected chi connectivity index (χ2v) is 3.53. The summed E-state index contributed by atoms with van der Waals surface area (Å²) < 4.78 is 10.8. The van der Waals surface area contributed by atoms with Gasteiger partial charge in [-0.25, -0.2) is 0 Å². The summed E-state index contributed by atoms with van der Waals surface area (Å²) in [4.78, 5) is 0. The van der Waals surface area contributed by atoms with E-state index in [2.05, 4.69) is 13.8 Å². The molecule has 0 radical (unpaired) electrons. The van der Waals surface area contributed by atoms with E-state index in [0.29, 0.717) is 25.0 Å². The van der Waals surface area contributed by atoms with Crippen molar-refractivity contribution in [3.8, 4) is 0 Å². The second-order valence-electron chi connectivity index (χ2n) is 3.53. The molecule has 0 aliphatic carbocycles. The van der Waals surface area contributed by atoms with E-state index in [4.69, 9.17) is 14.6 Å². The molecule has 12 heavy (non-hydrogen) atoms. The summed E-state index contributed by atoms with van der Waals surface area (Å²) in [7, 11) is 0. The first-order valence-corrected chi connectivity index (χ1v) is 4.59. The molecule has 1 N–H and O–H groups in total. The lowest BCUT2D eigenvalue weighted by molar-refractivity contribution is -0.101. The van der Waals surface area contributed by atoms with Gasteiger partial charge in [-0.1, -0.05) is 13.8 Å². The van der Waals surface area contributed by atoms with E-state index in [0.717, 1.165) is 6.42 Å². The molecular formula is C9H18O3. The number of ether oxygens (including phenoxy) is 2. The number of hydrogen-bond acceptors (Lipinski definition) is 3. The molecule has 0 bridgehead atoms. The van der Waals surface area contributed by atoms with Gasteiger partial charge in [-0.15, -0.1) is 0 Å². The van der Waals surface area contributed by atoms with Crippen LogP contribution in [0.5, 0.6) is 0 Å². The summed E-state index contributed by atoms with van der Waals surface area (Å²) in [6.45, 7) is 5.86. The van der Waals surface area contributed by atoms with Gasteiger partial charge in [0.15, 0.2) is 6.29 Å². The maximum atomic E-state index is 8.83. The minimum Gasteiger partial charge on any atom is -0.396 e. The molecule has 1 heterocycles. The summed E-state index contributed by atoms with van der Waals surface area (Å²) in [5, 5.41) is 8.83. The van der Waals surface area contributed by atoms with Crippen LogP contribution in [0.25, 0.3) is 0 Å². The van der Waals surface area contributed by atoms with Gasteiger partial charge >= 0.3 is 0 Å². The molecule has 0 aromatic carbocycles. The number of hydrogen-bond donors (Lipinski definition) is 1. The zero-order valence-corrected chi connectivity index (χ0v) is 7.82. The minimum absolute atomic E-state index is 0.0860. The molecule has 3 nitrogen and oxygen atoms in total. The van der Waals surface area contributed by atoms with Gasteiger partial charge in [0.05, 0.1) is 13.2 Å². The van der Waals surface area contributed by atoms with E-state index < -0.39 is 0 Å². The standard InChI is InChI=1S/C9H18O3/c1-7(2)8(3-4-10)9-11-5-6-12-9/h7-10H,3-6H2,1-2H3. The topological polar surface area (TPSA) is 38.7 Å². The van der Waals surface area contributed by atoms with Gasteiger partial charge in [-0.3, -0.25) is 0 Å². The van der Waals surface area contributed by atoms with Crippen LogP contribution in [-0.2, 0) is 9.47 Å². The highest BCUT2D eigenvalue weighted by molar-refractivity contribution is 4.69. The van der Waals surface area contributed by atoms with E-state index in [1.54, 1.807) is 0 Å². The first-order chi connectivity index (χ1) is 5.75. The van der Waals surface area contributed by atoms with Gasteiger partial charge in [0.1, 0.15) is 0 Å². The van der Waals surface area contributed by atoms with E-state index in [1.807, 2.05) is 0 Å². The van der Waals surface area contributed by atoms with Crippen molar-refractivity contribution in [1.29, 1.82) is 0 Å². The van der Waals surface area contributed by atoms with Crippen molar-refractivity contribution in [2.24, 2.45) is 11.8 Å². The van der Waals surface area contributed by atoms with Gasteiger partial charge in [0.2, 0.25) is 0 Å². The highest BCUT2D eigenvalue weighted by atomic mass is 16.7. The van der Waals surface area contributed by atoms with Gasteiger partial charge in [-0.05, 0) is 12.3 Å². The molecule has 1 saturated heterocycles. The molecule has 0 aromatic heterocycles. The van der Waals surface area contributed by atoms with Gasteiger partial charge in [-0.2, -0.15) is 0 Å². The molecule has 1 fully saturated rings. The molecule has 3 heteroatoms. The van der Waals surface area contributed by atoms with Crippen LogP contribution in [0.3, 0.4) is 0 Å². The third-order valence-corrected chi connectivity index (χ3v) is 2.32. The molecule has 0 spiro atoms. The Morgan fingerprint density at radius 2 is 1.92 bits per heavy atom. The van der Waals surface area contributed by atoms with E-state index in [9.17, 15) is 0 Å². The second kappa shape index (κ2) is 4.80. The SMILES string of the molecule is CC(C)C(CCO)C1OCCO1. The maximum absolute atomic E-state index is 8.83. The minimum atomic E-state index is -0.0860. The van der Waals surface area contributed by atoms with Crippen molar-refractivity contribution in [1.82, 2.24) is 0 Å². The number of aliphatic hydroxyl groups is 1. The molecule has 0 aromatic rings. The zero-order chi connectivity index (χ0) is 8.97. The molecule has 1 rings (SSSR count). The molecule has 1 aliphatic heterocycles. The summed E-state index contributed by atoms with van der Waals surface area (Å²) in [6, 6.07) is 0. The van der Waals surface area contributed by atoms with Gasteiger partial charge < -0.3 is 14.6 Å². The zero-order valence-electron chi connectivity index (χ0n) is 7.82. The fourth-order valence-electron chi connectivity index (χ4n) is 1.56. The van der Waals surface area contributed by atoms with Crippen LogP contribution >= 0.6 is 0 Å². The Hall–Kier alpha value is -0.120. The van der Waals surface area contributed by atoms with Crippen LogP contribution in [0.15, 0.2) is 0 Å². The normalized spacial score (nSPS) is 22.0. The highest BCUT2D eigenvalue weighted by Gasteiger charge is 2.28. The largest absolute Gasteiger partial charge is 0.396 e. The van der Waals surface area contributed by atoms with Crippen LogP contribution in [0, 0.1) is 11.8 Å². The molecule has 1 aliphatic rings. The lowest BCUT2D eigenvalue weighted by Crippen LogP contribution is -2.27. The van der Waals surface area contributed by atoms with Crippen molar-refractivity contribution in [2.75, 3.05) is 19.8 Å². The summed E-state index contributed by atoms with van der Waals surface area (Å²) >= 11 is 0. The van der Waals surface area contributed by atoms with E-state index in [1.165, 1.54) is 0 Å². The predicted octanol–water partition coefficient (Wildman–Crippen LogP) is 1.01. The van der Waals surface area contributed by atoms with Crippen LogP contribution in [0.2, 0.25) is 0 Å². The lowest BCUT2D eigenvalue weighted by Gasteiger charge is -2.24. The Morgan fingerprint density at radius 1 is 1.33 bits per heavy atom. The van der Waals surface area contributed by atoms with Gasteiger partial charge in [0.25, 0.3) is 0 Å². The molecular weight excluding hydrogens is 156 g/mol.